The number of hydrogen-bond acceptors (Lipinski definition) is 5. The topological polar surface area (TPSA) is 92.7 Å². The molecular formula is C14H19NO5S. The van der Waals surface area contributed by atoms with Crippen LogP contribution in [0.4, 0.5) is 0 Å². The van der Waals surface area contributed by atoms with Gasteiger partial charge in [-0.2, -0.15) is 0 Å². The van der Waals surface area contributed by atoms with Crippen molar-refractivity contribution in [3.63, 3.8) is 0 Å². The first-order valence-corrected chi connectivity index (χ1v) is 8.69. The second kappa shape index (κ2) is 6.91. The third-order valence-electron chi connectivity index (χ3n) is 3.46. The summed E-state index contributed by atoms with van der Waals surface area (Å²) in [7, 11) is -2.84. The van der Waals surface area contributed by atoms with Crippen LogP contribution in [0, 0.1) is 0 Å². The number of nitrogens with one attached hydrogen (secondary N) is 1. The standard InChI is InChI=1S/C14H19NO5S/c16-14(17)12-3-1-2-4-13(12)20-8-7-15-11-5-9-21(18,19)10-6-11/h1-4,11,15H,5-10H2,(H,16,17). The minimum Gasteiger partial charge on any atom is -0.491 e. The molecule has 1 aliphatic rings. The van der Waals surface area contributed by atoms with Crippen LogP contribution >= 0.6 is 0 Å². The fraction of sp³-hybridized carbons (Fsp3) is 0.500. The third kappa shape index (κ3) is 4.71. The predicted molar refractivity (Wildman–Crippen MR) is 78.6 cm³/mol. The molecule has 0 spiro atoms. The van der Waals surface area contributed by atoms with Gasteiger partial charge < -0.3 is 15.2 Å². The maximum Gasteiger partial charge on any atom is 0.339 e. The van der Waals surface area contributed by atoms with E-state index >= 15 is 0 Å². The van der Waals surface area contributed by atoms with Crippen molar-refractivity contribution < 1.29 is 23.1 Å². The van der Waals surface area contributed by atoms with Crippen molar-refractivity contribution >= 4 is 15.8 Å². The number of rotatable bonds is 6. The van der Waals surface area contributed by atoms with E-state index in [0.29, 0.717) is 31.7 Å². The maximum atomic E-state index is 11.3. The molecule has 2 rings (SSSR count). The molecule has 21 heavy (non-hydrogen) atoms. The molecule has 0 aliphatic carbocycles. The molecule has 0 atom stereocenters. The van der Waals surface area contributed by atoms with Gasteiger partial charge in [-0.25, -0.2) is 13.2 Å². The summed E-state index contributed by atoms with van der Waals surface area (Å²) < 4.78 is 28.1. The van der Waals surface area contributed by atoms with Gasteiger partial charge in [0.25, 0.3) is 0 Å². The van der Waals surface area contributed by atoms with Crippen LogP contribution in [0.2, 0.25) is 0 Å². The summed E-state index contributed by atoms with van der Waals surface area (Å²) >= 11 is 0. The number of para-hydroxylation sites is 1. The summed E-state index contributed by atoms with van der Waals surface area (Å²) in [5.74, 6) is -0.213. The Morgan fingerprint density at radius 3 is 2.62 bits per heavy atom. The van der Waals surface area contributed by atoms with Gasteiger partial charge in [-0.05, 0) is 25.0 Å². The van der Waals surface area contributed by atoms with Gasteiger partial charge in [-0.15, -0.1) is 0 Å². The summed E-state index contributed by atoms with van der Waals surface area (Å²) in [6, 6.07) is 6.68. The van der Waals surface area contributed by atoms with Crippen molar-refractivity contribution in [1.82, 2.24) is 5.32 Å². The molecule has 1 aromatic carbocycles. The fourth-order valence-electron chi connectivity index (χ4n) is 2.29. The van der Waals surface area contributed by atoms with Gasteiger partial charge in [0.15, 0.2) is 0 Å². The highest BCUT2D eigenvalue weighted by molar-refractivity contribution is 7.91. The van der Waals surface area contributed by atoms with Crippen molar-refractivity contribution in [2.75, 3.05) is 24.7 Å². The highest BCUT2D eigenvalue weighted by Gasteiger charge is 2.22. The van der Waals surface area contributed by atoms with E-state index in [9.17, 15) is 13.2 Å². The smallest absolute Gasteiger partial charge is 0.339 e. The van der Waals surface area contributed by atoms with Gasteiger partial charge in [0, 0.05) is 12.6 Å². The van der Waals surface area contributed by atoms with Crippen molar-refractivity contribution in [3.05, 3.63) is 29.8 Å². The van der Waals surface area contributed by atoms with E-state index in [0.717, 1.165) is 0 Å². The predicted octanol–water partition coefficient (Wildman–Crippen LogP) is 0.930. The van der Waals surface area contributed by atoms with Crippen LogP contribution in [-0.4, -0.2) is 50.2 Å². The molecule has 0 radical (unpaired) electrons. The molecule has 7 heteroatoms. The largest absolute Gasteiger partial charge is 0.491 e. The molecule has 0 saturated carbocycles. The van der Waals surface area contributed by atoms with E-state index in [2.05, 4.69) is 5.32 Å². The zero-order chi connectivity index (χ0) is 15.3. The van der Waals surface area contributed by atoms with E-state index in [4.69, 9.17) is 9.84 Å². The van der Waals surface area contributed by atoms with Gasteiger partial charge in [-0.1, -0.05) is 12.1 Å². The van der Waals surface area contributed by atoms with Gasteiger partial charge in [0.1, 0.15) is 27.8 Å². The lowest BCUT2D eigenvalue weighted by molar-refractivity contribution is 0.0692. The Kier molecular flexibility index (Phi) is 5.19. The highest BCUT2D eigenvalue weighted by Crippen LogP contribution is 2.17. The first-order valence-electron chi connectivity index (χ1n) is 6.87. The number of benzene rings is 1. The van der Waals surface area contributed by atoms with Crippen LogP contribution < -0.4 is 10.1 Å². The average molecular weight is 313 g/mol. The molecule has 0 aromatic heterocycles. The zero-order valence-electron chi connectivity index (χ0n) is 11.6. The van der Waals surface area contributed by atoms with E-state index in [1.165, 1.54) is 6.07 Å². The molecule has 1 aromatic rings. The van der Waals surface area contributed by atoms with E-state index in [1.807, 2.05) is 0 Å². The van der Waals surface area contributed by atoms with Crippen molar-refractivity contribution in [2.24, 2.45) is 0 Å². The third-order valence-corrected chi connectivity index (χ3v) is 5.18. The summed E-state index contributed by atoms with van der Waals surface area (Å²) in [4.78, 5) is 11.0. The van der Waals surface area contributed by atoms with Crippen LogP contribution in [0.25, 0.3) is 0 Å². The number of hydrogen-bond donors (Lipinski definition) is 2. The van der Waals surface area contributed by atoms with Crippen molar-refractivity contribution in [3.8, 4) is 5.75 Å². The van der Waals surface area contributed by atoms with Gasteiger partial charge in [-0.3, -0.25) is 0 Å². The quantitative estimate of drug-likeness (QED) is 0.759. The maximum absolute atomic E-state index is 11.3. The second-order valence-electron chi connectivity index (χ2n) is 5.03. The molecule has 2 N–H and O–H groups in total. The monoisotopic (exact) mass is 313 g/mol. The fourth-order valence-corrected chi connectivity index (χ4v) is 3.78. The van der Waals surface area contributed by atoms with Gasteiger partial charge >= 0.3 is 5.97 Å². The Hall–Kier alpha value is -1.60. The summed E-state index contributed by atoms with van der Waals surface area (Å²) in [6.45, 7) is 0.895. The highest BCUT2D eigenvalue weighted by atomic mass is 32.2. The van der Waals surface area contributed by atoms with E-state index in [1.54, 1.807) is 18.2 Å². The van der Waals surface area contributed by atoms with Crippen LogP contribution in [0.15, 0.2) is 24.3 Å². The van der Waals surface area contributed by atoms with Crippen LogP contribution in [0.1, 0.15) is 23.2 Å². The number of carboxylic acid groups (broad SMARTS) is 1. The minimum atomic E-state index is -2.84. The van der Waals surface area contributed by atoms with Gasteiger partial charge in [0.2, 0.25) is 0 Å². The molecule has 0 amide bonds. The first kappa shape index (κ1) is 15.8. The van der Waals surface area contributed by atoms with Crippen molar-refractivity contribution in [2.45, 2.75) is 18.9 Å². The molecule has 116 valence electrons. The molecule has 0 bridgehead atoms. The summed E-state index contributed by atoms with van der Waals surface area (Å²) in [5.41, 5.74) is 0.140. The molecule has 6 nitrogen and oxygen atoms in total. The Morgan fingerprint density at radius 2 is 1.95 bits per heavy atom. The van der Waals surface area contributed by atoms with E-state index in [-0.39, 0.29) is 23.1 Å². The molecule has 1 fully saturated rings. The number of carboxylic acids is 1. The molecule has 1 heterocycles. The first-order chi connectivity index (χ1) is 9.98. The van der Waals surface area contributed by atoms with Crippen molar-refractivity contribution in [1.29, 1.82) is 0 Å². The molecular weight excluding hydrogens is 294 g/mol. The summed E-state index contributed by atoms with van der Waals surface area (Å²) in [5, 5.41) is 12.3. The average Bonchev–Trinajstić information content (AvgIpc) is 2.45. The minimum absolute atomic E-state index is 0.140. The number of sulfone groups is 1. The van der Waals surface area contributed by atoms with E-state index < -0.39 is 15.8 Å². The molecule has 0 unspecified atom stereocenters. The molecule has 1 aliphatic heterocycles. The number of aromatic carboxylic acids is 1. The lowest BCUT2D eigenvalue weighted by Crippen LogP contribution is -2.39. The normalized spacial score (nSPS) is 18.3. The number of carbonyl (C=O) groups is 1. The van der Waals surface area contributed by atoms with Crippen LogP contribution in [-0.2, 0) is 9.84 Å². The Morgan fingerprint density at radius 1 is 1.29 bits per heavy atom. The van der Waals surface area contributed by atoms with Crippen LogP contribution in [0.3, 0.4) is 0 Å². The number of ether oxygens (including phenoxy) is 1. The van der Waals surface area contributed by atoms with Crippen LogP contribution in [0.5, 0.6) is 5.75 Å². The Bertz CT molecular complexity index is 585. The Balaban J connectivity index is 1.74. The second-order valence-corrected chi connectivity index (χ2v) is 7.33. The zero-order valence-corrected chi connectivity index (χ0v) is 12.4. The lowest BCUT2D eigenvalue weighted by Gasteiger charge is -2.23. The SMILES string of the molecule is O=C(O)c1ccccc1OCCNC1CCS(=O)(=O)CC1. The van der Waals surface area contributed by atoms with Gasteiger partial charge in [0.05, 0.1) is 11.5 Å². The summed E-state index contributed by atoms with van der Waals surface area (Å²) in [6.07, 6.45) is 1.24. The lowest BCUT2D eigenvalue weighted by atomic mass is 10.1. The molecule has 1 saturated heterocycles. The Labute approximate surface area is 124 Å².